The zero-order valence-corrected chi connectivity index (χ0v) is 19.9. The summed E-state index contributed by atoms with van der Waals surface area (Å²) in [5.41, 5.74) is 6.37. The molecule has 184 valence electrons. The van der Waals surface area contributed by atoms with E-state index < -0.39 is 16.0 Å². The third kappa shape index (κ3) is 5.91. The van der Waals surface area contributed by atoms with Crippen LogP contribution in [0.2, 0.25) is 0 Å². The van der Waals surface area contributed by atoms with Gasteiger partial charge < -0.3 is 20.2 Å². The number of hydrogen-bond acceptors (Lipinski definition) is 9. The highest BCUT2D eigenvalue weighted by Gasteiger charge is 2.17. The predicted molar refractivity (Wildman–Crippen MR) is 125 cm³/mol. The zero-order valence-electron chi connectivity index (χ0n) is 19.0. The summed E-state index contributed by atoms with van der Waals surface area (Å²) in [6.45, 7) is 2.91. The molecule has 0 aliphatic heterocycles. The van der Waals surface area contributed by atoms with Crippen molar-refractivity contribution in [2.75, 3.05) is 26.0 Å². The Balaban J connectivity index is 1.61. The number of aromatic amines is 1. The summed E-state index contributed by atoms with van der Waals surface area (Å²) < 4.78 is 39.1. The Bertz CT molecular complexity index is 1320. The molecule has 0 atom stereocenters. The van der Waals surface area contributed by atoms with Gasteiger partial charge in [-0.3, -0.25) is 4.57 Å². The number of carbonyl (C=O) groups excluding carboxylic acids is 1. The van der Waals surface area contributed by atoms with Crippen LogP contribution in [0.4, 0.5) is 5.82 Å². The van der Waals surface area contributed by atoms with Crippen LogP contribution in [0.3, 0.4) is 0 Å². The third-order valence-corrected chi connectivity index (χ3v) is 6.48. The molecule has 4 N–H and O–H groups in total. The molecule has 2 aromatic heterocycles. The fourth-order valence-corrected chi connectivity index (χ4v) is 4.32. The molecule has 0 aliphatic carbocycles. The van der Waals surface area contributed by atoms with Crippen molar-refractivity contribution in [3.63, 3.8) is 0 Å². The third-order valence-electron chi connectivity index (χ3n) is 5.03. The van der Waals surface area contributed by atoms with Gasteiger partial charge in [-0.1, -0.05) is 19.4 Å². The second-order valence-electron chi connectivity index (χ2n) is 7.50. The van der Waals surface area contributed by atoms with Crippen LogP contribution in [0.25, 0.3) is 11.2 Å². The maximum absolute atomic E-state index is 12.5. The first-order valence-electron chi connectivity index (χ1n) is 10.8. The van der Waals surface area contributed by atoms with Crippen LogP contribution in [0, 0.1) is 0 Å². The van der Waals surface area contributed by atoms with Crippen molar-refractivity contribution in [2.45, 2.75) is 44.0 Å². The van der Waals surface area contributed by atoms with Gasteiger partial charge >= 0.3 is 17.7 Å². The number of methoxy groups -OCH3 is 1. The van der Waals surface area contributed by atoms with Crippen LogP contribution in [0.5, 0.6) is 6.01 Å². The summed E-state index contributed by atoms with van der Waals surface area (Å²) in [6.07, 6.45) is 2.74. The SMILES string of the molecule is CCCCOc1nc(N)c2[nH]c(=O)n(CCCCNS(=O)(=O)c3cccc(C(=O)OC)c3)c2n1. The lowest BCUT2D eigenvalue weighted by Crippen LogP contribution is -2.25. The molecule has 0 spiro atoms. The normalized spacial score (nSPS) is 11.6. The van der Waals surface area contributed by atoms with Gasteiger partial charge in [0.05, 0.1) is 24.2 Å². The second kappa shape index (κ2) is 11.1. The number of nitrogens with zero attached hydrogens (tertiary/aromatic N) is 3. The zero-order chi connectivity index (χ0) is 24.7. The summed E-state index contributed by atoms with van der Waals surface area (Å²) in [6, 6.07) is 5.69. The summed E-state index contributed by atoms with van der Waals surface area (Å²) in [7, 11) is -2.59. The molecule has 0 aliphatic rings. The van der Waals surface area contributed by atoms with Crippen molar-refractivity contribution < 1.29 is 22.7 Å². The highest BCUT2D eigenvalue weighted by Crippen LogP contribution is 2.18. The molecule has 0 unspecified atom stereocenters. The number of esters is 1. The van der Waals surface area contributed by atoms with Crippen LogP contribution in [-0.4, -0.2) is 54.2 Å². The molecule has 0 saturated heterocycles. The number of hydrogen-bond donors (Lipinski definition) is 3. The lowest BCUT2D eigenvalue weighted by molar-refractivity contribution is 0.0600. The smallest absolute Gasteiger partial charge is 0.337 e. The Labute approximate surface area is 196 Å². The molecule has 3 rings (SSSR count). The number of aryl methyl sites for hydroxylation is 1. The minimum atomic E-state index is -3.81. The number of nitrogens with two attached hydrogens (primary N) is 1. The van der Waals surface area contributed by atoms with Gasteiger partial charge in [-0.2, -0.15) is 9.97 Å². The van der Waals surface area contributed by atoms with Gasteiger partial charge in [-0.15, -0.1) is 0 Å². The van der Waals surface area contributed by atoms with E-state index in [4.69, 9.17) is 10.5 Å². The predicted octanol–water partition coefficient (Wildman–Crippen LogP) is 1.43. The minimum Gasteiger partial charge on any atom is -0.465 e. The van der Waals surface area contributed by atoms with Crippen molar-refractivity contribution in [3.05, 3.63) is 40.3 Å². The molecule has 0 fully saturated rings. The standard InChI is InChI=1S/C21H28N6O6S/c1-3-4-12-33-20-25-17(22)16-18(26-20)27(21(29)24-16)11-6-5-10-23-34(30,31)15-9-7-8-14(13-15)19(28)32-2/h7-9,13,23H,3-6,10-12H2,1-2H3,(H,24,29)(H2,22,25,26). The number of nitrogen functional groups attached to an aromatic ring is 1. The first-order chi connectivity index (χ1) is 16.3. The number of imidazole rings is 1. The Morgan fingerprint density at radius 1 is 1.24 bits per heavy atom. The number of rotatable bonds is 12. The van der Waals surface area contributed by atoms with Crippen LogP contribution in [-0.2, 0) is 21.3 Å². The fraction of sp³-hybridized carbons (Fsp3) is 0.429. The molecule has 0 radical (unpaired) electrons. The van der Waals surface area contributed by atoms with E-state index in [1.165, 1.54) is 35.9 Å². The Morgan fingerprint density at radius 3 is 2.76 bits per heavy atom. The first kappa shape index (κ1) is 25.2. The van der Waals surface area contributed by atoms with E-state index in [0.29, 0.717) is 37.2 Å². The van der Waals surface area contributed by atoms with Gasteiger partial charge in [0.15, 0.2) is 11.5 Å². The van der Waals surface area contributed by atoms with Crippen LogP contribution >= 0.6 is 0 Å². The van der Waals surface area contributed by atoms with E-state index >= 15 is 0 Å². The number of unbranched alkanes of at least 4 members (excludes halogenated alkanes) is 2. The molecule has 0 amide bonds. The van der Waals surface area contributed by atoms with E-state index in [1.54, 1.807) is 0 Å². The second-order valence-corrected chi connectivity index (χ2v) is 9.27. The Morgan fingerprint density at radius 2 is 2.03 bits per heavy atom. The Kier molecular flexibility index (Phi) is 8.23. The number of benzene rings is 1. The molecule has 1 aromatic carbocycles. The maximum atomic E-state index is 12.5. The molecule has 0 bridgehead atoms. The van der Waals surface area contributed by atoms with E-state index in [9.17, 15) is 18.0 Å². The van der Waals surface area contributed by atoms with Crippen LogP contribution < -0.4 is 20.9 Å². The molecular weight excluding hydrogens is 464 g/mol. The number of aromatic nitrogens is 4. The van der Waals surface area contributed by atoms with Gasteiger partial charge in [-0.05, 0) is 37.5 Å². The molecule has 2 heterocycles. The minimum absolute atomic E-state index is 0.0361. The molecular formula is C21H28N6O6S. The van der Waals surface area contributed by atoms with Crippen molar-refractivity contribution in [2.24, 2.45) is 0 Å². The number of anilines is 1. The van der Waals surface area contributed by atoms with E-state index in [0.717, 1.165) is 12.8 Å². The summed E-state index contributed by atoms with van der Waals surface area (Å²) in [4.78, 5) is 35.0. The van der Waals surface area contributed by atoms with E-state index in [1.807, 2.05) is 6.92 Å². The number of H-pyrrole nitrogens is 1. The Hall–Kier alpha value is -3.45. The summed E-state index contributed by atoms with van der Waals surface area (Å²) in [5, 5.41) is 0. The molecule has 34 heavy (non-hydrogen) atoms. The monoisotopic (exact) mass is 492 g/mol. The first-order valence-corrected chi connectivity index (χ1v) is 12.3. The number of sulfonamides is 1. The topological polar surface area (TPSA) is 171 Å². The molecule has 13 heteroatoms. The van der Waals surface area contributed by atoms with Gasteiger partial charge in [-0.25, -0.2) is 22.7 Å². The van der Waals surface area contributed by atoms with Crippen molar-refractivity contribution >= 4 is 33.0 Å². The van der Waals surface area contributed by atoms with Crippen LogP contribution in [0.15, 0.2) is 34.0 Å². The highest BCUT2D eigenvalue weighted by molar-refractivity contribution is 7.89. The maximum Gasteiger partial charge on any atom is 0.337 e. The average Bonchev–Trinajstić information content (AvgIpc) is 3.14. The van der Waals surface area contributed by atoms with Gasteiger partial charge in [0.1, 0.15) is 5.52 Å². The van der Waals surface area contributed by atoms with E-state index in [-0.39, 0.29) is 34.5 Å². The lowest BCUT2D eigenvalue weighted by atomic mass is 10.2. The quantitative estimate of drug-likeness (QED) is 0.250. The fourth-order valence-electron chi connectivity index (χ4n) is 3.20. The van der Waals surface area contributed by atoms with Gasteiger partial charge in [0.2, 0.25) is 10.0 Å². The average molecular weight is 493 g/mol. The lowest BCUT2D eigenvalue weighted by Gasteiger charge is -2.09. The number of carbonyl (C=O) groups is 1. The summed E-state index contributed by atoms with van der Waals surface area (Å²) >= 11 is 0. The summed E-state index contributed by atoms with van der Waals surface area (Å²) in [5.74, 6) is -0.501. The highest BCUT2D eigenvalue weighted by atomic mass is 32.2. The van der Waals surface area contributed by atoms with Gasteiger partial charge in [0, 0.05) is 13.1 Å². The molecule has 12 nitrogen and oxygen atoms in total. The molecule has 3 aromatic rings. The van der Waals surface area contributed by atoms with Crippen molar-refractivity contribution in [3.8, 4) is 6.01 Å². The van der Waals surface area contributed by atoms with Crippen molar-refractivity contribution in [1.29, 1.82) is 0 Å². The van der Waals surface area contributed by atoms with Crippen LogP contribution in [0.1, 0.15) is 43.0 Å². The number of fused-ring (bicyclic) bond motifs is 1. The number of ether oxygens (including phenoxy) is 2. The largest absolute Gasteiger partial charge is 0.465 e. The molecule has 0 saturated carbocycles. The number of nitrogens with one attached hydrogen (secondary N) is 2. The van der Waals surface area contributed by atoms with Crippen molar-refractivity contribution in [1.82, 2.24) is 24.2 Å². The van der Waals surface area contributed by atoms with Gasteiger partial charge in [0.25, 0.3) is 0 Å². The van der Waals surface area contributed by atoms with E-state index in [2.05, 4.69) is 24.4 Å².